The van der Waals surface area contributed by atoms with Crippen LogP contribution in [0.3, 0.4) is 0 Å². The topological polar surface area (TPSA) is 34.1 Å². The minimum atomic E-state index is -3.17. The van der Waals surface area contributed by atoms with E-state index in [9.17, 15) is 8.42 Å². The summed E-state index contributed by atoms with van der Waals surface area (Å²) in [5.74, 6) is 0.00130. The van der Waals surface area contributed by atoms with Gasteiger partial charge in [0, 0.05) is 0 Å². The van der Waals surface area contributed by atoms with E-state index in [0.717, 1.165) is 19.3 Å². The van der Waals surface area contributed by atoms with Gasteiger partial charge in [0.15, 0.2) is 9.84 Å². The maximum absolute atomic E-state index is 11.7. The number of hydrogen-bond acceptors (Lipinski definition) is 2. The normalized spacial score (nSPS) is 11.3. The maximum atomic E-state index is 11.7. The minimum absolute atomic E-state index is 0.00130. The number of hydrogen-bond donors (Lipinski definition) is 0. The van der Waals surface area contributed by atoms with Crippen molar-refractivity contribution in [2.24, 2.45) is 0 Å². The van der Waals surface area contributed by atoms with Crippen LogP contribution in [0.4, 0.5) is 0 Å². The Bertz CT molecular complexity index is 430. The van der Waals surface area contributed by atoms with Crippen LogP contribution >= 0.6 is 0 Å². The monoisotopic (exact) mass is 238 g/mol. The highest BCUT2D eigenvalue weighted by atomic mass is 32.2. The number of unbranched alkanes of at least 4 members (excludes halogenated alkanes) is 1. The van der Waals surface area contributed by atoms with Crippen LogP contribution in [0, 0.1) is 0 Å². The molecule has 0 bridgehead atoms. The van der Waals surface area contributed by atoms with Gasteiger partial charge in [-0.05, 0) is 30.5 Å². The third-order valence-electron chi connectivity index (χ3n) is 2.44. The number of sulfone groups is 1. The number of benzene rings is 1. The molecular formula is C13H18O2S. The Kier molecular flexibility index (Phi) is 4.74. The van der Waals surface area contributed by atoms with Gasteiger partial charge in [0.25, 0.3) is 0 Å². The van der Waals surface area contributed by atoms with E-state index in [1.54, 1.807) is 12.1 Å². The predicted octanol–water partition coefficient (Wildman–Crippen LogP) is 2.99. The van der Waals surface area contributed by atoms with Crippen molar-refractivity contribution in [1.29, 1.82) is 0 Å². The van der Waals surface area contributed by atoms with E-state index in [1.807, 2.05) is 12.1 Å². The highest BCUT2D eigenvalue weighted by Gasteiger charge is 2.11. The molecule has 0 amide bonds. The summed E-state index contributed by atoms with van der Waals surface area (Å²) >= 11 is 0. The van der Waals surface area contributed by atoms with Gasteiger partial charge < -0.3 is 0 Å². The lowest BCUT2D eigenvalue weighted by molar-refractivity contribution is 0.599. The molecule has 0 spiro atoms. The SMILES string of the molecule is C=CCS(=O)(=O)c1ccc(CCCC)cc1. The van der Waals surface area contributed by atoms with Gasteiger partial charge in [-0.3, -0.25) is 0 Å². The highest BCUT2D eigenvalue weighted by Crippen LogP contribution is 2.14. The van der Waals surface area contributed by atoms with Crippen molar-refractivity contribution < 1.29 is 8.42 Å². The Labute approximate surface area is 97.9 Å². The second kappa shape index (κ2) is 5.85. The average molecular weight is 238 g/mol. The van der Waals surface area contributed by atoms with Gasteiger partial charge >= 0.3 is 0 Å². The third-order valence-corrected chi connectivity index (χ3v) is 4.10. The molecule has 0 saturated heterocycles. The molecule has 0 aliphatic rings. The summed E-state index contributed by atoms with van der Waals surface area (Å²) in [6, 6.07) is 7.16. The molecule has 16 heavy (non-hydrogen) atoms. The van der Waals surface area contributed by atoms with Crippen LogP contribution in [0.25, 0.3) is 0 Å². The number of rotatable bonds is 6. The molecule has 0 radical (unpaired) electrons. The second-order valence-corrected chi connectivity index (χ2v) is 5.85. The standard InChI is InChI=1S/C13H18O2S/c1-3-5-6-12-7-9-13(10-8-12)16(14,15)11-4-2/h4,7-10H,2-3,5-6,11H2,1H3. The summed E-state index contributed by atoms with van der Waals surface area (Å²) in [6.07, 6.45) is 4.72. The van der Waals surface area contributed by atoms with E-state index < -0.39 is 9.84 Å². The summed E-state index contributed by atoms with van der Waals surface area (Å²) in [5.41, 5.74) is 1.19. The van der Waals surface area contributed by atoms with Crippen LogP contribution in [0.5, 0.6) is 0 Å². The molecule has 0 N–H and O–H groups in total. The van der Waals surface area contributed by atoms with Crippen LogP contribution < -0.4 is 0 Å². The molecule has 1 rings (SSSR count). The predicted molar refractivity (Wildman–Crippen MR) is 67.3 cm³/mol. The van der Waals surface area contributed by atoms with Crippen LogP contribution in [-0.2, 0) is 16.3 Å². The van der Waals surface area contributed by atoms with Gasteiger partial charge in [0.2, 0.25) is 0 Å². The fraction of sp³-hybridized carbons (Fsp3) is 0.385. The zero-order chi connectivity index (χ0) is 12.0. The largest absolute Gasteiger partial charge is 0.223 e. The first-order valence-electron chi connectivity index (χ1n) is 5.52. The highest BCUT2D eigenvalue weighted by molar-refractivity contribution is 7.91. The van der Waals surface area contributed by atoms with E-state index >= 15 is 0 Å². The fourth-order valence-corrected chi connectivity index (χ4v) is 2.55. The smallest absolute Gasteiger partial charge is 0.181 e. The molecule has 88 valence electrons. The van der Waals surface area contributed by atoms with Crippen molar-refractivity contribution in [3.8, 4) is 0 Å². The molecule has 0 unspecified atom stereocenters. The van der Waals surface area contributed by atoms with Gasteiger partial charge in [-0.2, -0.15) is 0 Å². The lowest BCUT2D eigenvalue weighted by Crippen LogP contribution is -2.04. The van der Waals surface area contributed by atoms with Gasteiger partial charge in [-0.1, -0.05) is 31.6 Å². The molecule has 0 aromatic heterocycles. The molecule has 1 aromatic carbocycles. The average Bonchev–Trinajstić information content (AvgIpc) is 2.27. The van der Waals surface area contributed by atoms with Crippen molar-refractivity contribution in [3.05, 3.63) is 42.5 Å². The molecule has 0 saturated carbocycles. The molecule has 0 atom stereocenters. The maximum Gasteiger partial charge on any atom is 0.181 e. The lowest BCUT2D eigenvalue weighted by Gasteiger charge is -2.03. The Hall–Kier alpha value is -1.09. The van der Waals surface area contributed by atoms with Crippen LogP contribution in [0.15, 0.2) is 41.8 Å². The van der Waals surface area contributed by atoms with Crippen molar-refractivity contribution >= 4 is 9.84 Å². The third kappa shape index (κ3) is 3.49. The Morgan fingerprint density at radius 1 is 1.25 bits per heavy atom. The summed E-state index contributed by atoms with van der Waals surface area (Å²) in [6.45, 7) is 5.59. The van der Waals surface area contributed by atoms with Crippen LogP contribution in [0.2, 0.25) is 0 Å². The summed E-state index contributed by atoms with van der Waals surface area (Å²) in [7, 11) is -3.17. The first-order chi connectivity index (χ1) is 7.60. The van der Waals surface area contributed by atoms with Crippen LogP contribution in [0.1, 0.15) is 25.3 Å². The zero-order valence-corrected chi connectivity index (χ0v) is 10.5. The molecule has 3 heteroatoms. The zero-order valence-electron chi connectivity index (χ0n) is 9.65. The van der Waals surface area contributed by atoms with Gasteiger partial charge in [0.05, 0.1) is 10.6 Å². The summed E-state index contributed by atoms with van der Waals surface area (Å²) in [4.78, 5) is 0.382. The first-order valence-corrected chi connectivity index (χ1v) is 7.18. The fourth-order valence-electron chi connectivity index (χ4n) is 1.50. The van der Waals surface area contributed by atoms with Crippen molar-refractivity contribution in [2.45, 2.75) is 31.1 Å². The quantitative estimate of drug-likeness (QED) is 0.714. The van der Waals surface area contributed by atoms with Gasteiger partial charge in [0.1, 0.15) is 0 Å². The van der Waals surface area contributed by atoms with E-state index in [4.69, 9.17) is 0 Å². The van der Waals surface area contributed by atoms with Crippen molar-refractivity contribution in [1.82, 2.24) is 0 Å². The Morgan fingerprint density at radius 2 is 1.88 bits per heavy atom. The Morgan fingerprint density at radius 3 is 2.38 bits per heavy atom. The van der Waals surface area contributed by atoms with E-state index in [2.05, 4.69) is 13.5 Å². The minimum Gasteiger partial charge on any atom is -0.223 e. The molecule has 0 aliphatic carbocycles. The summed E-state index contributed by atoms with van der Waals surface area (Å²) in [5, 5.41) is 0. The first kappa shape index (κ1) is 13.0. The molecule has 1 aromatic rings. The Balaban J connectivity index is 2.82. The molecular weight excluding hydrogens is 220 g/mol. The van der Waals surface area contributed by atoms with Crippen molar-refractivity contribution in [3.63, 3.8) is 0 Å². The van der Waals surface area contributed by atoms with Gasteiger partial charge in [-0.15, -0.1) is 6.58 Å². The summed E-state index contributed by atoms with van der Waals surface area (Å²) < 4.78 is 23.4. The van der Waals surface area contributed by atoms with Gasteiger partial charge in [-0.25, -0.2) is 8.42 Å². The second-order valence-electron chi connectivity index (χ2n) is 3.82. The van der Waals surface area contributed by atoms with Crippen LogP contribution in [-0.4, -0.2) is 14.2 Å². The molecule has 0 fully saturated rings. The number of aryl methyl sites for hydroxylation is 1. The molecule has 0 aliphatic heterocycles. The molecule has 2 nitrogen and oxygen atoms in total. The lowest BCUT2D eigenvalue weighted by atomic mass is 10.1. The van der Waals surface area contributed by atoms with Crippen molar-refractivity contribution in [2.75, 3.05) is 5.75 Å². The van der Waals surface area contributed by atoms with E-state index in [1.165, 1.54) is 11.6 Å². The van der Waals surface area contributed by atoms with E-state index in [0.29, 0.717) is 4.90 Å². The molecule has 0 heterocycles. The van der Waals surface area contributed by atoms with E-state index in [-0.39, 0.29) is 5.75 Å².